The Balaban J connectivity index is 3.68. The van der Waals surface area contributed by atoms with Crippen LogP contribution in [0.25, 0.3) is 0 Å². The lowest BCUT2D eigenvalue weighted by Gasteiger charge is -2.11. The van der Waals surface area contributed by atoms with E-state index in [0.717, 1.165) is 0 Å². The summed E-state index contributed by atoms with van der Waals surface area (Å²) < 4.78 is 85.1. The third-order valence-electron chi connectivity index (χ3n) is 1.49. The summed E-state index contributed by atoms with van der Waals surface area (Å²) >= 11 is 2.05. The lowest BCUT2D eigenvalue weighted by atomic mass is 10.1. The standard InChI is InChI=1S/C7BrF7/c8-2-3(9)1(7(13,14)15)4(10)6(12)5(2)11. The molecule has 0 radical (unpaired) electrons. The summed E-state index contributed by atoms with van der Waals surface area (Å²) in [6, 6.07) is 0. The van der Waals surface area contributed by atoms with Crippen LogP contribution in [0.2, 0.25) is 0 Å². The summed E-state index contributed by atoms with van der Waals surface area (Å²) in [6.45, 7) is 0. The third kappa shape index (κ3) is 1.95. The van der Waals surface area contributed by atoms with Crippen LogP contribution in [0.1, 0.15) is 5.56 Å². The van der Waals surface area contributed by atoms with Gasteiger partial charge in [0.2, 0.25) is 0 Å². The fourth-order valence-electron chi connectivity index (χ4n) is 0.854. The molecule has 0 amide bonds. The van der Waals surface area contributed by atoms with Crippen LogP contribution in [0, 0.1) is 23.3 Å². The van der Waals surface area contributed by atoms with E-state index < -0.39 is 39.5 Å². The predicted octanol–water partition coefficient (Wildman–Crippen LogP) is 4.02. The summed E-state index contributed by atoms with van der Waals surface area (Å²) in [5.74, 6) is -9.24. The molecule has 0 spiro atoms. The van der Waals surface area contributed by atoms with Crippen molar-refractivity contribution in [2.75, 3.05) is 0 Å². The second-order valence-electron chi connectivity index (χ2n) is 2.44. The van der Waals surface area contributed by atoms with Crippen molar-refractivity contribution in [2.24, 2.45) is 0 Å². The third-order valence-corrected chi connectivity index (χ3v) is 2.19. The summed E-state index contributed by atoms with van der Waals surface area (Å²) in [5.41, 5.74) is -2.46. The molecule has 15 heavy (non-hydrogen) atoms. The molecule has 0 aliphatic heterocycles. The molecule has 8 heteroatoms. The van der Waals surface area contributed by atoms with Crippen LogP contribution in [-0.2, 0) is 6.18 Å². The average Bonchev–Trinajstić information content (AvgIpc) is 2.09. The molecule has 0 N–H and O–H groups in total. The minimum absolute atomic E-state index is 1.39. The van der Waals surface area contributed by atoms with Crippen LogP contribution in [-0.4, -0.2) is 0 Å². The second kappa shape index (κ2) is 3.66. The van der Waals surface area contributed by atoms with Crippen LogP contribution in [0.3, 0.4) is 0 Å². The van der Waals surface area contributed by atoms with E-state index in [4.69, 9.17) is 0 Å². The highest BCUT2D eigenvalue weighted by Gasteiger charge is 2.41. The van der Waals surface area contributed by atoms with Gasteiger partial charge < -0.3 is 0 Å². The van der Waals surface area contributed by atoms with Crippen molar-refractivity contribution in [3.05, 3.63) is 33.3 Å². The lowest BCUT2D eigenvalue weighted by Crippen LogP contribution is -2.15. The number of benzene rings is 1. The van der Waals surface area contributed by atoms with Crippen molar-refractivity contribution in [1.29, 1.82) is 0 Å². The van der Waals surface area contributed by atoms with Gasteiger partial charge in [-0.1, -0.05) is 0 Å². The Kier molecular flexibility index (Phi) is 2.99. The zero-order valence-electron chi connectivity index (χ0n) is 6.52. The Hall–Kier alpha value is -0.790. The second-order valence-corrected chi connectivity index (χ2v) is 3.24. The van der Waals surface area contributed by atoms with E-state index >= 15 is 0 Å². The molecule has 0 heterocycles. The first-order valence-electron chi connectivity index (χ1n) is 3.26. The maximum absolute atomic E-state index is 12.8. The van der Waals surface area contributed by atoms with E-state index in [-0.39, 0.29) is 0 Å². The number of rotatable bonds is 0. The molecule has 0 saturated carbocycles. The first-order valence-corrected chi connectivity index (χ1v) is 4.05. The predicted molar refractivity (Wildman–Crippen MR) is 39.0 cm³/mol. The summed E-state index contributed by atoms with van der Waals surface area (Å²) in [5, 5.41) is 0. The quantitative estimate of drug-likeness (QED) is 0.385. The molecule has 0 aliphatic carbocycles. The molecule has 0 aliphatic rings. The lowest BCUT2D eigenvalue weighted by molar-refractivity contribution is -0.143. The van der Waals surface area contributed by atoms with Gasteiger partial charge >= 0.3 is 6.18 Å². The van der Waals surface area contributed by atoms with Gasteiger partial charge in [0.1, 0.15) is 5.56 Å². The zero-order valence-corrected chi connectivity index (χ0v) is 8.11. The SMILES string of the molecule is Fc1c(F)c(Br)c(F)c(C(F)(F)F)c1F. The van der Waals surface area contributed by atoms with Crippen molar-refractivity contribution >= 4 is 15.9 Å². The van der Waals surface area contributed by atoms with Gasteiger partial charge in [-0.05, 0) is 15.9 Å². The van der Waals surface area contributed by atoms with E-state index in [1.54, 1.807) is 0 Å². The maximum atomic E-state index is 12.8. The Labute approximate surface area is 86.8 Å². The van der Waals surface area contributed by atoms with Crippen molar-refractivity contribution < 1.29 is 30.7 Å². The summed E-state index contributed by atoms with van der Waals surface area (Å²) in [7, 11) is 0. The highest BCUT2D eigenvalue weighted by Crippen LogP contribution is 2.38. The van der Waals surface area contributed by atoms with Crippen LogP contribution < -0.4 is 0 Å². The van der Waals surface area contributed by atoms with E-state index in [0.29, 0.717) is 0 Å². The van der Waals surface area contributed by atoms with E-state index in [1.807, 2.05) is 0 Å². The summed E-state index contributed by atoms with van der Waals surface area (Å²) in [4.78, 5) is 0. The fourth-order valence-corrected chi connectivity index (χ4v) is 1.23. The van der Waals surface area contributed by atoms with Crippen molar-refractivity contribution in [3.8, 4) is 0 Å². The van der Waals surface area contributed by atoms with E-state index in [1.165, 1.54) is 0 Å². The van der Waals surface area contributed by atoms with Gasteiger partial charge in [0.25, 0.3) is 0 Å². The first-order chi connectivity index (χ1) is 6.68. The highest BCUT2D eigenvalue weighted by molar-refractivity contribution is 9.10. The molecule has 0 atom stereocenters. The van der Waals surface area contributed by atoms with E-state index in [2.05, 4.69) is 15.9 Å². The van der Waals surface area contributed by atoms with Gasteiger partial charge in [0.15, 0.2) is 23.3 Å². The smallest absolute Gasteiger partial charge is 0.205 e. The minimum Gasteiger partial charge on any atom is -0.205 e. The van der Waals surface area contributed by atoms with Gasteiger partial charge in [0.05, 0.1) is 4.47 Å². The van der Waals surface area contributed by atoms with Gasteiger partial charge in [-0.3, -0.25) is 0 Å². The molecule has 1 rings (SSSR count). The van der Waals surface area contributed by atoms with Gasteiger partial charge in [-0.15, -0.1) is 0 Å². The molecule has 0 saturated heterocycles. The van der Waals surface area contributed by atoms with Gasteiger partial charge in [-0.25, -0.2) is 17.6 Å². The van der Waals surface area contributed by atoms with E-state index in [9.17, 15) is 30.7 Å². The fraction of sp³-hybridized carbons (Fsp3) is 0.143. The molecule has 0 aromatic heterocycles. The van der Waals surface area contributed by atoms with Gasteiger partial charge in [-0.2, -0.15) is 13.2 Å². The highest BCUT2D eigenvalue weighted by atomic mass is 79.9. The first kappa shape index (κ1) is 12.3. The van der Waals surface area contributed by atoms with Gasteiger partial charge in [0, 0.05) is 0 Å². The Morgan fingerprint density at radius 3 is 1.60 bits per heavy atom. The Bertz CT molecular complexity index is 380. The number of alkyl halides is 3. The van der Waals surface area contributed by atoms with Crippen molar-refractivity contribution in [2.45, 2.75) is 6.18 Å². The maximum Gasteiger partial charge on any atom is 0.422 e. The number of hydrogen-bond acceptors (Lipinski definition) is 0. The normalized spacial score (nSPS) is 12.0. The molecular weight excluding hydrogens is 297 g/mol. The molecule has 84 valence electrons. The molecule has 1 aromatic carbocycles. The summed E-state index contributed by atoms with van der Waals surface area (Å²) in [6.07, 6.45) is -5.44. The zero-order chi connectivity index (χ0) is 12.0. The Morgan fingerprint density at radius 1 is 0.733 bits per heavy atom. The number of hydrogen-bond donors (Lipinski definition) is 0. The molecular formula is C7BrF7. The van der Waals surface area contributed by atoms with Crippen molar-refractivity contribution in [3.63, 3.8) is 0 Å². The van der Waals surface area contributed by atoms with Crippen molar-refractivity contribution in [1.82, 2.24) is 0 Å². The molecule has 0 fully saturated rings. The van der Waals surface area contributed by atoms with Crippen LogP contribution in [0.15, 0.2) is 4.47 Å². The largest absolute Gasteiger partial charge is 0.422 e. The topological polar surface area (TPSA) is 0 Å². The molecule has 0 bridgehead atoms. The minimum atomic E-state index is -5.44. The van der Waals surface area contributed by atoms with Crippen LogP contribution >= 0.6 is 15.9 Å². The molecule has 1 aromatic rings. The number of halogens is 8. The molecule has 0 unspecified atom stereocenters. The van der Waals surface area contributed by atoms with Crippen LogP contribution in [0.5, 0.6) is 0 Å². The Morgan fingerprint density at radius 2 is 1.20 bits per heavy atom. The monoisotopic (exact) mass is 296 g/mol. The average molecular weight is 297 g/mol. The molecule has 0 nitrogen and oxygen atoms in total. The van der Waals surface area contributed by atoms with Crippen LogP contribution in [0.4, 0.5) is 30.7 Å².